The Labute approximate surface area is 239 Å². The Morgan fingerprint density at radius 1 is 0.976 bits per heavy atom. The van der Waals surface area contributed by atoms with Gasteiger partial charge in [-0.05, 0) is 60.5 Å². The van der Waals surface area contributed by atoms with Gasteiger partial charge in [-0.15, -0.1) is 0 Å². The maximum absolute atomic E-state index is 13.0. The summed E-state index contributed by atoms with van der Waals surface area (Å²) in [5.74, 6) is 1.82. The summed E-state index contributed by atoms with van der Waals surface area (Å²) in [6, 6.07) is 19.6. The lowest BCUT2D eigenvalue weighted by molar-refractivity contribution is -0.129. The SMILES string of the molecule is CC(C)(C)c1cc(NC(=O)Nc2ccc(Oc3ccncc3)cc2)n(-c2ccc(CC(=O)N3CC[C@@H](O)C3)cc2)n1. The smallest absolute Gasteiger partial charge is 0.324 e. The third-order valence-corrected chi connectivity index (χ3v) is 6.77. The quantitative estimate of drug-likeness (QED) is 0.291. The molecule has 1 atom stereocenters. The van der Waals surface area contributed by atoms with Crippen molar-refractivity contribution in [1.82, 2.24) is 19.7 Å². The third kappa shape index (κ3) is 7.09. The second-order valence-corrected chi connectivity index (χ2v) is 11.1. The number of ether oxygens (including phenoxy) is 1. The van der Waals surface area contributed by atoms with E-state index >= 15 is 0 Å². The highest BCUT2D eigenvalue weighted by Crippen LogP contribution is 2.27. The minimum atomic E-state index is -0.438. The van der Waals surface area contributed by atoms with Gasteiger partial charge in [-0.2, -0.15) is 5.10 Å². The van der Waals surface area contributed by atoms with Crippen LogP contribution in [0.15, 0.2) is 79.1 Å². The van der Waals surface area contributed by atoms with Crippen LogP contribution >= 0.6 is 0 Å². The van der Waals surface area contributed by atoms with Gasteiger partial charge in [-0.3, -0.25) is 15.1 Å². The number of urea groups is 1. The molecule has 1 saturated heterocycles. The van der Waals surface area contributed by atoms with Gasteiger partial charge in [0.05, 0.1) is 23.9 Å². The average Bonchev–Trinajstić information content (AvgIpc) is 3.57. The third-order valence-electron chi connectivity index (χ3n) is 6.77. The number of aliphatic hydroxyl groups is 1. The van der Waals surface area contributed by atoms with Crippen molar-refractivity contribution >= 4 is 23.4 Å². The van der Waals surface area contributed by atoms with Crippen molar-refractivity contribution in [2.45, 2.75) is 45.1 Å². The second-order valence-electron chi connectivity index (χ2n) is 11.1. The zero-order valence-corrected chi connectivity index (χ0v) is 23.4. The molecular formula is C31H34N6O4. The molecule has 2 aromatic carbocycles. The van der Waals surface area contributed by atoms with Gasteiger partial charge in [0.1, 0.15) is 17.3 Å². The van der Waals surface area contributed by atoms with Crippen LogP contribution in [0.1, 0.15) is 38.4 Å². The molecule has 3 amide bonds. The molecule has 10 heteroatoms. The van der Waals surface area contributed by atoms with E-state index < -0.39 is 12.1 Å². The van der Waals surface area contributed by atoms with Crippen molar-refractivity contribution < 1.29 is 19.4 Å². The molecular weight excluding hydrogens is 520 g/mol. The van der Waals surface area contributed by atoms with Crippen LogP contribution in [0.4, 0.5) is 16.3 Å². The maximum Gasteiger partial charge on any atom is 0.324 e. The summed E-state index contributed by atoms with van der Waals surface area (Å²) in [6.07, 6.45) is 3.76. The van der Waals surface area contributed by atoms with Crippen LogP contribution in [-0.4, -0.2) is 55.9 Å². The number of benzene rings is 2. The number of nitrogens with zero attached hydrogens (tertiary/aromatic N) is 4. The number of aliphatic hydroxyl groups excluding tert-OH is 1. The number of hydrogen-bond donors (Lipinski definition) is 3. The van der Waals surface area contributed by atoms with E-state index in [2.05, 4.69) is 36.4 Å². The highest BCUT2D eigenvalue weighted by molar-refractivity contribution is 5.99. The van der Waals surface area contributed by atoms with E-state index in [1.54, 1.807) is 58.4 Å². The zero-order valence-electron chi connectivity index (χ0n) is 23.4. The van der Waals surface area contributed by atoms with Crippen molar-refractivity contribution in [3.05, 3.63) is 90.4 Å². The molecule has 0 unspecified atom stereocenters. The molecule has 0 saturated carbocycles. The molecule has 0 radical (unpaired) electrons. The molecule has 3 heterocycles. The molecule has 0 bridgehead atoms. The van der Waals surface area contributed by atoms with Gasteiger partial charge >= 0.3 is 6.03 Å². The van der Waals surface area contributed by atoms with Crippen molar-refractivity contribution in [2.24, 2.45) is 0 Å². The number of carbonyl (C=O) groups is 2. The van der Waals surface area contributed by atoms with Crippen LogP contribution in [0.5, 0.6) is 11.5 Å². The number of rotatable bonds is 7. The van der Waals surface area contributed by atoms with Crippen LogP contribution in [-0.2, 0) is 16.6 Å². The maximum atomic E-state index is 13.0. The van der Waals surface area contributed by atoms with Gasteiger partial charge in [0.2, 0.25) is 5.91 Å². The van der Waals surface area contributed by atoms with Crippen molar-refractivity contribution in [2.75, 3.05) is 23.7 Å². The standard InChI is InChI=1S/C31H34N6O4/c1-31(2,3)27-19-28(34-30(40)33-22-6-10-25(11-7-22)41-26-12-15-32-16-13-26)37(35-27)23-8-4-21(5-9-23)18-29(39)36-17-14-24(38)20-36/h4-13,15-16,19,24,38H,14,17-18,20H2,1-3H3,(H2,33,34,40)/t24-/m1/s1. The summed E-state index contributed by atoms with van der Waals surface area (Å²) >= 11 is 0. The minimum Gasteiger partial charge on any atom is -0.457 e. The van der Waals surface area contributed by atoms with Crippen molar-refractivity contribution in [3.63, 3.8) is 0 Å². The van der Waals surface area contributed by atoms with Gasteiger partial charge in [-0.25, -0.2) is 9.48 Å². The van der Waals surface area contributed by atoms with E-state index in [0.29, 0.717) is 42.5 Å². The monoisotopic (exact) mass is 554 g/mol. The normalized spacial score (nSPS) is 15.0. The average molecular weight is 555 g/mol. The van der Waals surface area contributed by atoms with Gasteiger partial charge in [0.25, 0.3) is 0 Å². The Morgan fingerprint density at radius 3 is 2.29 bits per heavy atom. The zero-order chi connectivity index (χ0) is 29.0. The van der Waals surface area contributed by atoms with Gasteiger partial charge in [-0.1, -0.05) is 32.9 Å². The number of carbonyl (C=O) groups excluding carboxylic acids is 2. The lowest BCUT2D eigenvalue weighted by atomic mass is 9.92. The van der Waals surface area contributed by atoms with Crippen LogP contribution in [0.3, 0.4) is 0 Å². The number of aromatic nitrogens is 3. The Hall–Kier alpha value is -4.70. The Bertz CT molecular complexity index is 1490. The molecule has 41 heavy (non-hydrogen) atoms. The molecule has 10 nitrogen and oxygen atoms in total. The van der Waals surface area contributed by atoms with Gasteiger partial charge < -0.3 is 20.1 Å². The molecule has 212 valence electrons. The van der Waals surface area contributed by atoms with Gasteiger partial charge in [0.15, 0.2) is 0 Å². The summed E-state index contributed by atoms with van der Waals surface area (Å²) in [5.41, 5.74) is 2.80. The van der Waals surface area contributed by atoms with Crippen molar-refractivity contribution in [1.29, 1.82) is 0 Å². The molecule has 1 fully saturated rings. The van der Waals surface area contributed by atoms with Crippen LogP contribution in [0.25, 0.3) is 5.69 Å². The first-order valence-corrected chi connectivity index (χ1v) is 13.6. The summed E-state index contributed by atoms with van der Waals surface area (Å²) in [5, 5.41) is 20.3. The Morgan fingerprint density at radius 2 is 1.66 bits per heavy atom. The molecule has 2 aromatic heterocycles. The van der Waals surface area contributed by atoms with E-state index in [1.165, 1.54) is 0 Å². The largest absolute Gasteiger partial charge is 0.457 e. The van der Waals surface area contributed by atoms with Crippen LogP contribution in [0, 0.1) is 0 Å². The molecule has 1 aliphatic heterocycles. The fourth-order valence-electron chi connectivity index (χ4n) is 4.47. The number of likely N-dealkylation sites (tertiary alicyclic amines) is 1. The number of pyridine rings is 1. The Kier molecular flexibility index (Phi) is 8.02. The summed E-state index contributed by atoms with van der Waals surface area (Å²) in [6.45, 7) is 7.15. The first-order valence-electron chi connectivity index (χ1n) is 13.6. The minimum absolute atomic E-state index is 0.000560. The topological polar surface area (TPSA) is 122 Å². The van der Waals surface area contributed by atoms with Crippen LogP contribution in [0.2, 0.25) is 0 Å². The number of nitrogens with one attached hydrogen (secondary N) is 2. The predicted molar refractivity (Wildman–Crippen MR) is 157 cm³/mol. The highest BCUT2D eigenvalue weighted by atomic mass is 16.5. The summed E-state index contributed by atoms with van der Waals surface area (Å²) in [4.78, 5) is 31.2. The molecule has 5 rings (SSSR count). The van der Waals surface area contributed by atoms with E-state index in [0.717, 1.165) is 16.9 Å². The van der Waals surface area contributed by atoms with E-state index in [1.807, 2.05) is 30.3 Å². The molecule has 1 aliphatic rings. The molecule has 0 aliphatic carbocycles. The van der Waals surface area contributed by atoms with E-state index in [9.17, 15) is 14.7 Å². The lowest BCUT2D eigenvalue weighted by Crippen LogP contribution is -2.30. The second kappa shape index (κ2) is 11.8. The predicted octanol–water partition coefficient (Wildman–Crippen LogP) is 5.14. The van der Waals surface area contributed by atoms with E-state index in [4.69, 9.17) is 9.84 Å². The molecule has 0 spiro atoms. The number of hydrogen-bond acceptors (Lipinski definition) is 6. The lowest BCUT2D eigenvalue weighted by Gasteiger charge is -2.16. The molecule has 4 aromatic rings. The number of anilines is 2. The number of amides is 3. The number of β-amino-alcohol motifs (C(OH)–C–C–N with tert-alkyl or cyclic N) is 1. The van der Waals surface area contributed by atoms with Crippen LogP contribution < -0.4 is 15.4 Å². The highest BCUT2D eigenvalue weighted by Gasteiger charge is 2.25. The fourth-order valence-corrected chi connectivity index (χ4v) is 4.47. The summed E-state index contributed by atoms with van der Waals surface area (Å²) in [7, 11) is 0. The first kappa shape index (κ1) is 27.9. The summed E-state index contributed by atoms with van der Waals surface area (Å²) < 4.78 is 7.47. The first-order chi connectivity index (χ1) is 19.6. The van der Waals surface area contributed by atoms with Crippen molar-refractivity contribution in [3.8, 4) is 17.2 Å². The molecule has 3 N–H and O–H groups in total. The Balaban J connectivity index is 1.27. The fraction of sp³-hybridized carbons (Fsp3) is 0.290. The van der Waals surface area contributed by atoms with E-state index in [-0.39, 0.29) is 17.7 Å². The van der Waals surface area contributed by atoms with Gasteiger partial charge in [0, 0.05) is 42.7 Å².